The molecular weight excluding hydrogens is 260 g/mol. The zero-order valence-electron chi connectivity index (χ0n) is 12.4. The van der Waals surface area contributed by atoms with Crippen LogP contribution in [0.15, 0.2) is 0 Å². The van der Waals surface area contributed by atoms with E-state index >= 15 is 0 Å². The lowest BCUT2D eigenvalue weighted by atomic mass is 9.82. The van der Waals surface area contributed by atoms with E-state index in [9.17, 15) is 8.42 Å². The van der Waals surface area contributed by atoms with Crippen molar-refractivity contribution in [2.45, 2.75) is 69.3 Å². The fourth-order valence-electron chi connectivity index (χ4n) is 3.42. The molecule has 2 fully saturated rings. The first kappa shape index (κ1) is 15.3. The minimum Gasteiger partial charge on any atom is -0.313 e. The molecule has 19 heavy (non-hydrogen) atoms. The number of nitrogens with zero attached hydrogens (tertiary/aromatic N) is 1. The Morgan fingerprint density at radius 3 is 2.32 bits per heavy atom. The number of sulfone groups is 1. The van der Waals surface area contributed by atoms with Crippen molar-refractivity contribution in [3.63, 3.8) is 0 Å². The summed E-state index contributed by atoms with van der Waals surface area (Å²) in [6, 6.07) is 1.91. The molecule has 0 radical (unpaired) electrons. The van der Waals surface area contributed by atoms with Gasteiger partial charge in [0, 0.05) is 24.7 Å². The number of hydrogen-bond donors (Lipinski definition) is 1. The van der Waals surface area contributed by atoms with E-state index in [2.05, 4.69) is 17.3 Å². The van der Waals surface area contributed by atoms with Crippen LogP contribution < -0.4 is 5.32 Å². The van der Waals surface area contributed by atoms with Gasteiger partial charge in [0.2, 0.25) is 0 Å². The molecule has 0 saturated carbocycles. The van der Waals surface area contributed by atoms with Gasteiger partial charge in [-0.3, -0.25) is 0 Å². The van der Waals surface area contributed by atoms with Gasteiger partial charge < -0.3 is 10.2 Å². The molecule has 0 aromatic rings. The first-order valence-electron chi connectivity index (χ1n) is 7.57. The van der Waals surface area contributed by atoms with Crippen LogP contribution in [0.2, 0.25) is 0 Å². The van der Waals surface area contributed by atoms with Crippen molar-refractivity contribution in [2.24, 2.45) is 0 Å². The highest BCUT2D eigenvalue weighted by atomic mass is 32.2. The predicted molar refractivity (Wildman–Crippen MR) is 79.1 cm³/mol. The highest BCUT2D eigenvalue weighted by Gasteiger charge is 2.35. The van der Waals surface area contributed by atoms with Crippen molar-refractivity contribution in [1.82, 2.24) is 10.2 Å². The Morgan fingerprint density at radius 1 is 1.21 bits per heavy atom. The lowest BCUT2D eigenvalue weighted by molar-refractivity contribution is 0.0491. The van der Waals surface area contributed by atoms with E-state index < -0.39 is 9.84 Å². The number of fused-ring (bicyclic) bond motifs is 2. The van der Waals surface area contributed by atoms with E-state index in [-0.39, 0.29) is 11.0 Å². The van der Waals surface area contributed by atoms with E-state index in [1.165, 1.54) is 32.1 Å². The van der Waals surface area contributed by atoms with Crippen LogP contribution in [0.25, 0.3) is 0 Å². The number of nitrogens with one attached hydrogen (secondary N) is 1. The van der Waals surface area contributed by atoms with Gasteiger partial charge >= 0.3 is 0 Å². The van der Waals surface area contributed by atoms with E-state index in [0.29, 0.717) is 24.7 Å². The molecule has 112 valence electrons. The number of rotatable bonds is 5. The minimum atomic E-state index is -2.90. The summed E-state index contributed by atoms with van der Waals surface area (Å²) in [6.45, 7) is 4.12. The summed E-state index contributed by atoms with van der Waals surface area (Å²) in [5.41, 5.74) is 0. The molecule has 2 rings (SSSR count). The summed E-state index contributed by atoms with van der Waals surface area (Å²) in [6.07, 6.45) is 6.31. The molecule has 0 aliphatic carbocycles. The third-order valence-electron chi connectivity index (χ3n) is 4.88. The van der Waals surface area contributed by atoms with Crippen LogP contribution in [-0.4, -0.2) is 56.0 Å². The largest absolute Gasteiger partial charge is 0.313 e. The van der Waals surface area contributed by atoms with Gasteiger partial charge in [0.15, 0.2) is 9.84 Å². The second kappa shape index (κ2) is 6.10. The third-order valence-corrected chi connectivity index (χ3v) is 7.09. The van der Waals surface area contributed by atoms with Crippen molar-refractivity contribution in [3.05, 3.63) is 0 Å². The summed E-state index contributed by atoms with van der Waals surface area (Å²) in [5, 5.41) is 3.22. The Labute approximate surface area is 117 Å². The maximum absolute atomic E-state index is 11.8. The molecule has 2 heterocycles. The van der Waals surface area contributed by atoms with Gasteiger partial charge in [-0.2, -0.15) is 0 Å². The van der Waals surface area contributed by atoms with Crippen molar-refractivity contribution >= 4 is 9.84 Å². The highest BCUT2D eigenvalue weighted by Crippen LogP contribution is 2.32. The highest BCUT2D eigenvalue weighted by molar-refractivity contribution is 7.92. The van der Waals surface area contributed by atoms with Crippen LogP contribution in [0, 0.1) is 0 Å². The molecule has 0 spiro atoms. The quantitative estimate of drug-likeness (QED) is 0.831. The molecule has 2 saturated heterocycles. The summed E-state index contributed by atoms with van der Waals surface area (Å²) < 4.78 is 23.5. The van der Waals surface area contributed by atoms with Crippen LogP contribution in [0.4, 0.5) is 0 Å². The molecule has 0 aromatic heterocycles. The van der Waals surface area contributed by atoms with E-state index in [4.69, 9.17) is 0 Å². The Morgan fingerprint density at radius 2 is 1.79 bits per heavy atom. The monoisotopic (exact) mass is 288 g/mol. The Kier molecular flexibility index (Phi) is 4.90. The topological polar surface area (TPSA) is 49.4 Å². The van der Waals surface area contributed by atoms with Gasteiger partial charge in [-0.15, -0.1) is 0 Å². The summed E-state index contributed by atoms with van der Waals surface area (Å²) in [7, 11) is -0.657. The molecule has 0 amide bonds. The standard InChI is InChI=1S/C14H28N2O2S/c1-11(2)19(17,18)8-7-15-12-9-13-5-4-6-14(10-12)16(13)3/h11-15H,4-10H2,1-3H3. The Balaban J connectivity index is 1.79. The molecular formula is C14H28N2O2S. The van der Waals surface area contributed by atoms with E-state index in [1.807, 2.05) is 0 Å². The minimum absolute atomic E-state index is 0.258. The van der Waals surface area contributed by atoms with Crippen molar-refractivity contribution in [3.8, 4) is 0 Å². The molecule has 2 atom stereocenters. The zero-order valence-corrected chi connectivity index (χ0v) is 13.2. The normalized spacial score (nSPS) is 32.7. The zero-order chi connectivity index (χ0) is 14.0. The Bertz CT molecular complexity index is 380. The molecule has 2 aliphatic rings. The smallest absolute Gasteiger partial charge is 0.153 e. The first-order valence-corrected chi connectivity index (χ1v) is 9.28. The molecule has 2 bridgehead atoms. The molecule has 2 aliphatic heterocycles. The first-order chi connectivity index (χ1) is 8.90. The number of hydrogen-bond acceptors (Lipinski definition) is 4. The summed E-state index contributed by atoms with van der Waals surface area (Å²) in [5.74, 6) is 0.270. The van der Waals surface area contributed by atoms with Crippen LogP contribution in [0.3, 0.4) is 0 Å². The van der Waals surface area contributed by atoms with Crippen molar-refractivity contribution < 1.29 is 8.42 Å². The second-order valence-electron chi connectivity index (χ2n) is 6.44. The molecule has 2 unspecified atom stereocenters. The van der Waals surface area contributed by atoms with Crippen LogP contribution >= 0.6 is 0 Å². The van der Waals surface area contributed by atoms with Crippen LogP contribution in [0.5, 0.6) is 0 Å². The van der Waals surface area contributed by atoms with Crippen LogP contribution in [-0.2, 0) is 9.84 Å². The average molecular weight is 288 g/mol. The second-order valence-corrected chi connectivity index (χ2v) is 9.12. The molecule has 1 N–H and O–H groups in total. The molecule has 5 heteroatoms. The lowest BCUT2D eigenvalue weighted by Crippen LogP contribution is -2.54. The lowest BCUT2D eigenvalue weighted by Gasteiger charge is -2.47. The Hall–Kier alpha value is -0.130. The fourth-order valence-corrected chi connectivity index (χ4v) is 4.30. The van der Waals surface area contributed by atoms with Crippen LogP contribution in [0.1, 0.15) is 46.0 Å². The number of piperidine rings is 2. The average Bonchev–Trinajstić information content (AvgIpc) is 2.29. The maximum Gasteiger partial charge on any atom is 0.153 e. The third kappa shape index (κ3) is 3.70. The van der Waals surface area contributed by atoms with Crippen molar-refractivity contribution in [1.29, 1.82) is 0 Å². The van der Waals surface area contributed by atoms with Gasteiger partial charge in [-0.1, -0.05) is 6.42 Å². The molecule has 0 aromatic carbocycles. The SMILES string of the molecule is CC(C)S(=O)(=O)CCNC1CC2CCCC(C1)N2C. The maximum atomic E-state index is 11.8. The van der Waals surface area contributed by atoms with Crippen molar-refractivity contribution in [2.75, 3.05) is 19.3 Å². The van der Waals surface area contributed by atoms with Gasteiger partial charge in [-0.05, 0) is 46.6 Å². The summed E-state index contributed by atoms with van der Waals surface area (Å²) >= 11 is 0. The molecule has 4 nitrogen and oxygen atoms in total. The van der Waals surface area contributed by atoms with E-state index in [0.717, 1.165) is 0 Å². The van der Waals surface area contributed by atoms with Gasteiger partial charge in [0.05, 0.1) is 11.0 Å². The summed E-state index contributed by atoms with van der Waals surface area (Å²) in [4.78, 5) is 2.53. The van der Waals surface area contributed by atoms with Gasteiger partial charge in [0.25, 0.3) is 0 Å². The fraction of sp³-hybridized carbons (Fsp3) is 1.00. The van der Waals surface area contributed by atoms with Gasteiger partial charge in [-0.25, -0.2) is 8.42 Å². The van der Waals surface area contributed by atoms with E-state index in [1.54, 1.807) is 13.8 Å². The van der Waals surface area contributed by atoms with Gasteiger partial charge in [0.1, 0.15) is 0 Å². The predicted octanol–water partition coefficient (Wildman–Crippen LogP) is 1.41.